The summed E-state index contributed by atoms with van der Waals surface area (Å²) in [7, 11) is 0. The molecule has 0 unspecified atom stereocenters. The second-order valence-electron chi connectivity index (χ2n) is 6.69. The Morgan fingerprint density at radius 2 is 1.77 bits per heavy atom. The molecule has 1 aromatic heterocycles. The lowest BCUT2D eigenvalue weighted by Gasteiger charge is -2.04. The van der Waals surface area contributed by atoms with Crippen molar-refractivity contribution in [3.05, 3.63) is 101 Å². The molecule has 4 aromatic rings. The molecule has 0 amide bonds. The minimum atomic E-state index is -0.655. The first-order valence-corrected chi connectivity index (χ1v) is 9.11. The monoisotopic (exact) mass is 400 g/mol. The van der Waals surface area contributed by atoms with Crippen LogP contribution >= 0.6 is 0 Å². The number of fused-ring (bicyclic) bond motifs is 2. The van der Waals surface area contributed by atoms with Gasteiger partial charge in [-0.15, -0.1) is 0 Å². The van der Waals surface area contributed by atoms with Crippen molar-refractivity contribution in [3.8, 4) is 11.5 Å². The van der Waals surface area contributed by atoms with Gasteiger partial charge in [0, 0.05) is 11.5 Å². The number of halogens is 1. The fourth-order valence-electron chi connectivity index (χ4n) is 3.18. The van der Waals surface area contributed by atoms with Crippen LogP contribution in [0.2, 0.25) is 0 Å². The molecule has 3 aromatic carbocycles. The van der Waals surface area contributed by atoms with Gasteiger partial charge in [-0.25, -0.2) is 9.18 Å². The van der Waals surface area contributed by atoms with Crippen LogP contribution in [0, 0.1) is 5.82 Å². The summed E-state index contributed by atoms with van der Waals surface area (Å²) in [6, 6.07) is 19.1. The third kappa shape index (κ3) is 3.24. The number of esters is 1. The SMILES string of the molecule is O=C(Oc1ccc2c(c1)O/C(=C\c1ccc(F)cc1)C2=O)c1cc2ccccc2o1. The summed E-state index contributed by atoms with van der Waals surface area (Å²) < 4.78 is 29.6. The van der Waals surface area contributed by atoms with E-state index < -0.39 is 5.97 Å². The Balaban J connectivity index is 1.37. The molecule has 146 valence electrons. The van der Waals surface area contributed by atoms with Crippen LogP contribution < -0.4 is 9.47 Å². The predicted molar refractivity (Wildman–Crippen MR) is 107 cm³/mol. The maximum Gasteiger partial charge on any atom is 0.379 e. The van der Waals surface area contributed by atoms with Crippen LogP contribution in [-0.4, -0.2) is 11.8 Å². The quantitative estimate of drug-likeness (QED) is 0.261. The molecule has 1 aliphatic rings. The molecular formula is C24H13FO5. The van der Waals surface area contributed by atoms with Gasteiger partial charge in [-0.2, -0.15) is 0 Å². The van der Waals surface area contributed by atoms with Crippen molar-refractivity contribution in [3.63, 3.8) is 0 Å². The van der Waals surface area contributed by atoms with E-state index in [1.54, 1.807) is 24.3 Å². The van der Waals surface area contributed by atoms with Crippen molar-refractivity contribution in [2.24, 2.45) is 0 Å². The molecule has 2 heterocycles. The lowest BCUT2D eigenvalue weighted by molar-refractivity contribution is 0.0703. The van der Waals surface area contributed by atoms with E-state index in [1.165, 1.54) is 36.4 Å². The summed E-state index contributed by atoms with van der Waals surface area (Å²) in [6.45, 7) is 0. The normalized spacial score (nSPS) is 14.0. The number of furan rings is 1. The fourth-order valence-corrected chi connectivity index (χ4v) is 3.18. The van der Waals surface area contributed by atoms with Gasteiger partial charge in [-0.3, -0.25) is 4.79 Å². The van der Waals surface area contributed by atoms with Gasteiger partial charge in [0.1, 0.15) is 22.9 Å². The van der Waals surface area contributed by atoms with Crippen LogP contribution in [0.5, 0.6) is 11.5 Å². The summed E-state index contributed by atoms with van der Waals surface area (Å²) in [5.41, 5.74) is 1.57. The molecule has 0 saturated heterocycles. The smallest absolute Gasteiger partial charge is 0.379 e. The zero-order valence-electron chi connectivity index (χ0n) is 15.4. The molecule has 6 heteroatoms. The number of carbonyl (C=O) groups is 2. The third-order valence-corrected chi connectivity index (χ3v) is 4.65. The van der Waals surface area contributed by atoms with Gasteiger partial charge in [0.25, 0.3) is 0 Å². The Hall–Kier alpha value is -4.19. The number of allylic oxidation sites excluding steroid dienone is 1. The number of hydrogen-bond acceptors (Lipinski definition) is 5. The second-order valence-corrected chi connectivity index (χ2v) is 6.69. The van der Waals surface area contributed by atoms with Crippen molar-refractivity contribution >= 4 is 28.8 Å². The number of ether oxygens (including phenoxy) is 2. The maximum absolute atomic E-state index is 13.1. The molecule has 0 N–H and O–H groups in total. The van der Waals surface area contributed by atoms with Gasteiger partial charge in [0.05, 0.1) is 5.56 Å². The van der Waals surface area contributed by atoms with Gasteiger partial charge < -0.3 is 13.9 Å². The summed E-state index contributed by atoms with van der Waals surface area (Å²) in [5.74, 6) is -0.640. The molecule has 1 aliphatic heterocycles. The predicted octanol–water partition coefficient (Wildman–Crippen LogP) is 5.41. The highest BCUT2D eigenvalue weighted by Gasteiger charge is 2.28. The molecule has 0 atom stereocenters. The minimum Gasteiger partial charge on any atom is -0.452 e. The first-order valence-electron chi connectivity index (χ1n) is 9.11. The van der Waals surface area contributed by atoms with Gasteiger partial charge in [-0.1, -0.05) is 30.3 Å². The number of carbonyl (C=O) groups excluding carboxylic acids is 2. The van der Waals surface area contributed by atoms with Gasteiger partial charge in [-0.05, 0) is 48.0 Å². The van der Waals surface area contributed by atoms with Crippen LogP contribution in [0.3, 0.4) is 0 Å². The number of ketones is 1. The standard InChI is InChI=1S/C24H13FO5/c25-16-7-5-14(6-8-16)11-21-23(26)18-10-9-17(13-20(18)30-21)28-24(27)22-12-15-3-1-2-4-19(15)29-22/h1-13H/b21-11-. The topological polar surface area (TPSA) is 65.7 Å². The van der Waals surface area contributed by atoms with Gasteiger partial charge >= 0.3 is 5.97 Å². The molecule has 0 spiro atoms. The number of para-hydroxylation sites is 1. The highest BCUT2D eigenvalue weighted by atomic mass is 19.1. The van der Waals surface area contributed by atoms with E-state index in [0.717, 1.165) is 5.39 Å². The Kier molecular flexibility index (Phi) is 4.17. The number of hydrogen-bond donors (Lipinski definition) is 0. The number of benzene rings is 3. The minimum absolute atomic E-state index is 0.0746. The Morgan fingerprint density at radius 3 is 2.57 bits per heavy atom. The first kappa shape index (κ1) is 17.9. The van der Waals surface area contributed by atoms with E-state index in [2.05, 4.69) is 0 Å². The molecule has 0 saturated carbocycles. The van der Waals surface area contributed by atoms with Crippen LogP contribution in [-0.2, 0) is 0 Å². The average molecular weight is 400 g/mol. The highest BCUT2D eigenvalue weighted by Crippen LogP contribution is 2.35. The number of Topliss-reactive ketones (excluding diaryl/α,β-unsaturated/α-hetero) is 1. The average Bonchev–Trinajstić information content (AvgIpc) is 3.31. The lowest BCUT2D eigenvalue weighted by atomic mass is 10.1. The molecule has 5 nitrogen and oxygen atoms in total. The van der Waals surface area contributed by atoms with Crippen LogP contribution in [0.1, 0.15) is 26.5 Å². The zero-order valence-corrected chi connectivity index (χ0v) is 15.4. The zero-order chi connectivity index (χ0) is 20.7. The number of rotatable bonds is 3. The van der Waals surface area contributed by atoms with E-state index in [1.807, 2.05) is 18.2 Å². The van der Waals surface area contributed by atoms with E-state index in [9.17, 15) is 14.0 Å². The van der Waals surface area contributed by atoms with Crippen molar-refractivity contribution in [1.29, 1.82) is 0 Å². The van der Waals surface area contributed by atoms with Crippen molar-refractivity contribution in [1.82, 2.24) is 0 Å². The molecular weight excluding hydrogens is 387 g/mol. The van der Waals surface area contributed by atoms with Gasteiger partial charge in [0.2, 0.25) is 11.5 Å². The summed E-state index contributed by atoms with van der Waals surface area (Å²) in [6.07, 6.45) is 1.53. The summed E-state index contributed by atoms with van der Waals surface area (Å²) in [4.78, 5) is 24.9. The maximum atomic E-state index is 13.1. The fraction of sp³-hybridized carbons (Fsp3) is 0. The second kappa shape index (κ2) is 7.00. The van der Waals surface area contributed by atoms with Gasteiger partial charge in [0.15, 0.2) is 5.76 Å². The van der Waals surface area contributed by atoms with E-state index in [0.29, 0.717) is 16.7 Å². The largest absolute Gasteiger partial charge is 0.452 e. The van der Waals surface area contributed by atoms with Crippen molar-refractivity contribution in [2.45, 2.75) is 0 Å². The molecule has 0 fully saturated rings. The lowest BCUT2D eigenvalue weighted by Crippen LogP contribution is -2.07. The Morgan fingerprint density at radius 1 is 0.967 bits per heavy atom. The highest BCUT2D eigenvalue weighted by molar-refractivity contribution is 6.14. The van der Waals surface area contributed by atoms with Crippen LogP contribution in [0.25, 0.3) is 17.0 Å². The van der Waals surface area contributed by atoms with Crippen molar-refractivity contribution in [2.75, 3.05) is 0 Å². The first-order chi connectivity index (χ1) is 14.6. The van der Waals surface area contributed by atoms with Crippen molar-refractivity contribution < 1.29 is 27.9 Å². The Labute approximate surface area is 170 Å². The van der Waals surface area contributed by atoms with Crippen LogP contribution in [0.4, 0.5) is 4.39 Å². The summed E-state index contributed by atoms with van der Waals surface area (Å²) >= 11 is 0. The molecule has 30 heavy (non-hydrogen) atoms. The Bertz CT molecular complexity index is 1300. The molecule has 0 bridgehead atoms. The van der Waals surface area contributed by atoms with Crippen LogP contribution in [0.15, 0.2) is 83.0 Å². The van der Waals surface area contributed by atoms with E-state index in [4.69, 9.17) is 13.9 Å². The third-order valence-electron chi connectivity index (χ3n) is 4.65. The van der Waals surface area contributed by atoms with E-state index in [-0.39, 0.29) is 34.6 Å². The molecule has 0 aliphatic carbocycles. The molecule has 5 rings (SSSR count). The summed E-state index contributed by atoms with van der Waals surface area (Å²) in [5, 5.41) is 0.794. The van der Waals surface area contributed by atoms with E-state index >= 15 is 0 Å². The molecule has 0 radical (unpaired) electrons.